The first-order valence-corrected chi connectivity index (χ1v) is 44.1. The van der Waals surface area contributed by atoms with E-state index in [1.165, 1.54) is 86.2 Å². The molecule has 1 unspecified atom stereocenters. The van der Waals surface area contributed by atoms with Crippen LogP contribution in [0, 0.1) is 23.7 Å². The van der Waals surface area contributed by atoms with E-state index in [2.05, 4.69) is 160 Å². The monoisotopic (exact) mass is 1710 g/mol. The van der Waals surface area contributed by atoms with Gasteiger partial charge in [-0.05, 0) is 161 Å². The van der Waals surface area contributed by atoms with Crippen LogP contribution in [0.1, 0.15) is 165 Å². The van der Waals surface area contributed by atoms with Gasteiger partial charge in [0.2, 0.25) is 29.5 Å². The van der Waals surface area contributed by atoms with Gasteiger partial charge in [0.05, 0.1) is 46.2 Å². The molecule has 0 radical (unpaired) electrons. The van der Waals surface area contributed by atoms with Crippen LogP contribution in [0.5, 0.6) is 0 Å². The molecular formula is C91H111N25O10. The average Bonchev–Trinajstić information content (AvgIpc) is 1.59. The van der Waals surface area contributed by atoms with Crippen LogP contribution in [-0.4, -0.2) is 268 Å². The molecule has 7 aliphatic heterocycles. The number of aromatic amines is 5. The van der Waals surface area contributed by atoms with E-state index in [1.54, 1.807) is 45.9 Å². The van der Waals surface area contributed by atoms with Crippen LogP contribution in [0.25, 0.3) is 55.2 Å². The predicted octanol–water partition coefficient (Wildman–Crippen LogP) is 10.5. The van der Waals surface area contributed by atoms with Gasteiger partial charge in [0.15, 0.2) is 17.3 Å². The number of amides is 5. The molecule has 0 aromatic carbocycles. The van der Waals surface area contributed by atoms with Gasteiger partial charge in [-0.2, -0.15) is 0 Å². The van der Waals surface area contributed by atoms with Crippen LogP contribution in [0.4, 0.5) is 29.1 Å². The van der Waals surface area contributed by atoms with E-state index in [0.717, 1.165) is 148 Å². The largest absolute Gasteiger partial charge is 0.381 e. The summed E-state index contributed by atoms with van der Waals surface area (Å²) in [7, 11) is 0. The minimum atomic E-state index is -0.118. The van der Waals surface area contributed by atoms with E-state index >= 15 is 0 Å². The van der Waals surface area contributed by atoms with Gasteiger partial charge in [-0.1, -0.05) is 46.7 Å². The molecule has 10 fully saturated rings. The summed E-state index contributed by atoms with van der Waals surface area (Å²) < 4.78 is 10.7. The molecule has 5 amide bonds. The molecule has 0 spiro atoms. The Morgan fingerprint density at radius 2 is 0.690 bits per heavy atom. The number of fused-ring (bicyclic) bond motifs is 5. The van der Waals surface area contributed by atoms with Crippen LogP contribution in [0.2, 0.25) is 0 Å². The molecule has 20 rings (SSSR count). The standard InChI is InChI=1S/2C19H23N5O3.C19H25N5O.C18H23N5O.C16H17N5O2/c2*1-2-15(25)24-6-3-4-13(9-24)23-19-16-14(8-20-18(16)21-11-22-19)17(26)12-5-7-27-10-12;1-3-16(25)24-8-4-5-14(10-24)23-19-17-15(12(2)13-6-7-13)9-20-18(17)21-11-22-19;1-3-14(24)23-8-4-5-12(10-23)22-17-15-13(18(2)6-7-18)9-19-16(15)20-11-21-17;1-2-12(22)21-6-10(7-21)20-16-13-11(14(23)9-3-4-9)5-17-15(13)18-8-19-16/h2*2,8,11-13H,1,3-7,9-10H2,(H2,20,21,22,23);3,9,11-14H,1,4-8,10H2,2H3,(H2,20,21,22,23);3,9,11-12H,1,4-8,10H2,2H3,(H2,19,20,21,22);2,5,8-10H,1,3-4,6-7H2,(H2,17,18,19,20)/t12-,13+;12-,13-;12?,14-;12-;/m0111./s1. The Labute approximate surface area is 728 Å². The second-order valence-corrected chi connectivity index (χ2v) is 34.6. The first-order chi connectivity index (χ1) is 61.3. The van der Waals surface area contributed by atoms with Crippen molar-refractivity contribution in [2.75, 3.05) is 118 Å². The maximum atomic E-state index is 12.9. The highest BCUT2D eigenvalue weighted by molar-refractivity contribution is 6.14. The average molecular weight is 1720 g/mol. The van der Waals surface area contributed by atoms with Crippen molar-refractivity contribution in [3.63, 3.8) is 0 Å². The third kappa shape index (κ3) is 19.4. The molecule has 10 aliphatic rings. The Balaban J connectivity index is 0.000000116. The van der Waals surface area contributed by atoms with Crippen molar-refractivity contribution in [3.8, 4) is 0 Å². The minimum absolute atomic E-state index is 0.00200. The van der Waals surface area contributed by atoms with Crippen molar-refractivity contribution in [1.82, 2.24) is 99.3 Å². The summed E-state index contributed by atoms with van der Waals surface area (Å²) in [6.07, 6.45) is 39.9. The first-order valence-electron chi connectivity index (χ1n) is 44.1. The number of aromatic nitrogens is 15. The molecule has 35 heteroatoms. The summed E-state index contributed by atoms with van der Waals surface area (Å²) >= 11 is 0. The summed E-state index contributed by atoms with van der Waals surface area (Å²) in [4.78, 5) is 166. The molecule has 17 heterocycles. The number of likely N-dealkylation sites (tertiary alicyclic amines) is 5. The van der Waals surface area contributed by atoms with Gasteiger partial charge in [0, 0.05) is 168 Å². The van der Waals surface area contributed by atoms with Crippen molar-refractivity contribution >= 4 is 131 Å². The third-order valence-corrected chi connectivity index (χ3v) is 25.9. The van der Waals surface area contributed by atoms with Gasteiger partial charge in [0.25, 0.3) is 0 Å². The van der Waals surface area contributed by atoms with E-state index in [-0.39, 0.29) is 100 Å². The number of rotatable bonds is 24. The van der Waals surface area contributed by atoms with E-state index in [9.17, 15) is 38.4 Å². The first kappa shape index (κ1) is 86.6. The fourth-order valence-electron chi connectivity index (χ4n) is 18.1. The molecule has 0 bridgehead atoms. The summed E-state index contributed by atoms with van der Waals surface area (Å²) in [5.74, 6) is 4.96. The van der Waals surface area contributed by atoms with E-state index in [4.69, 9.17) is 9.47 Å². The number of piperidine rings is 4. The lowest BCUT2D eigenvalue weighted by Crippen LogP contribution is -2.56. The van der Waals surface area contributed by atoms with Crippen LogP contribution in [0.15, 0.2) is 126 Å². The maximum absolute atomic E-state index is 12.9. The number of anilines is 5. The smallest absolute Gasteiger partial charge is 0.246 e. The van der Waals surface area contributed by atoms with Crippen molar-refractivity contribution < 1.29 is 47.8 Å². The van der Waals surface area contributed by atoms with Crippen molar-refractivity contribution in [1.29, 1.82) is 0 Å². The number of hydrogen-bond donors (Lipinski definition) is 10. The van der Waals surface area contributed by atoms with E-state index in [1.807, 2.05) is 9.80 Å². The van der Waals surface area contributed by atoms with Gasteiger partial charge in [-0.25, -0.2) is 49.8 Å². The minimum Gasteiger partial charge on any atom is -0.381 e. The number of H-pyrrole nitrogens is 5. The van der Waals surface area contributed by atoms with E-state index in [0.29, 0.717) is 133 Å². The number of nitrogens with one attached hydrogen (secondary N) is 10. The molecule has 10 aromatic heterocycles. The molecule has 7 atom stereocenters. The topological polar surface area (TPSA) is 439 Å². The lowest BCUT2D eigenvalue weighted by atomic mass is 9.96. The quantitative estimate of drug-likeness (QED) is 0.0198. The van der Waals surface area contributed by atoms with Gasteiger partial charge in [-0.15, -0.1) is 0 Å². The maximum Gasteiger partial charge on any atom is 0.246 e. The highest BCUT2D eigenvalue weighted by atomic mass is 16.5. The summed E-state index contributed by atoms with van der Waals surface area (Å²) in [5, 5.41) is 21.7. The molecule has 3 saturated carbocycles. The van der Waals surface area contributed by atoms with E-state index < -0.39 is 0 Å². The number of Topliss-reactive ketones (excluding diaryl/α,β-unsaturated/α-hetero) is 3. The molecule has 3 aliphatic carbocycles. The fraction of sp³-hybridized carbons (Fsp3) is 0.473. The number of ketones is 3. The molecule has 10 N–H and O–H groups in total. The molecule has 126 heavy (non-hydrogen) atoms. The molecule has 7 saturated heterocycles. The van der Waals surface area contributed by atoms with Crippen LogP contribution < -0.4 is 26.6 Å². The fourth-order valence-corrected chi connectivity index (χ4v) is 18.1. The highest BCUT2D eigenvalue weighted by Crippen LogP contribution is 2.51. The zero-order chi connectivity index (χ0) is 87.7. The molecule has 660 valence electrons. The Morgan fingerprint density at radius 3 is 1.03 bits per heavy atom. The zero-order valence-electron chi connectivity index (χ0n) is 71.5. The number of hydrogen-bond acceptors (Lipinski definition) is 25. The van der Waals surface area contributed by atoms with Gasteiger partial charge in [-0.3, -0.25) is 38.4 Å². The Bertz CT molecular complexity index is 5590. The number of carbonyl (C=O) groups is 8. The lowest BCUT2D eigenvalue weighted by molar-refractivity contribution is -0.130. The molecule has 35 nitrogen and oxygen atoms in total. The number of carbonyl (C=O) groups excluding carboxylic acids is 8. The third-order valence-electron chi connectivity index (χ3n) is 25.9. The van der Waals surface area contributed by atoms with Crippen molar-refractivity contribution in [3.05, 3.63) is 154 Å². The zero-order valence-corrected chi connectivity index (χ0v) is 71.5. The van der Waals surface area contributed by atoms with Crippen LogP contribution in [-0.2, 0) is 38.9 Å². The van der Waals surface area contributed by atoms with Gasteiger partial charge in [0.1, 0.15) is 89.0 Å². The Kier molecular flexibility index (Phi) is 26.6. The Hall–Kier alpha value is -12.9. The van der Waals surface area contributed by atoms with Crippen LogP contribution >= 0.6 is 0 Å². The number of nitrogens with zero attached hydrogens (tertiary/aromatic N) is 15. The summed E-state index contributed by atoms with van der Waals surface area (Å²) in [6, 6.07) is 0.655. The SMILES string of the molecule is C=CC(=O)N1CC(Nc2ncnc3[nH]cc(C(=O)C4CC4)c23)C1.C=CC(=O)N1CCC[C@@H](Nc2ncnc3[nH]cc(C(=O)[C@@H]4CCOC4)c23)C1.C=CC(=O)N1CCC[C@@H](Nc2ncnc3[nH]cc(C(=O)[C@H]4CCOC4)c23)C1.C=CC(=O)N1CCC[C@@H](Nc2ncnc3[nH]cc(C(C)C4CC4)c23)C1.C=CC(=O)N1CCC[C@@H](Nc2ncnc3[nH]cc(C4(C)CC4)c23)C1. The predicted molar refractivity (Wildman–Crippen MR) is 479 cm³/mol. The number of ether oxygens (including phenoxy) is 2. The van der Waals surface area contributed by atoms with Gasteiger partial charge < -0.3 is 85.5 Å². The Morgan fingerprint density at radius 1 is 0.381 bits per heavy atom. The normalized spacial score (nSPS) is 21.6. The molecular weight excluding hydrogens is 1600 g/mol. The second kappa shape index (κ2) is 38.7. The van der Waals surface area contributed by atoms with Crippen LogP contribution in [0.3, 0.4) is 0 Å². The van der Waals surface area contributed by atoms with Crippen molar-refractivity contribution in [2.45, 2.75) is 158 Å². The lowest BCUT2D eigenvalue weighted by Gasteiger charge is -2.39. The van der Waals surface area contributed by atoms with Crippen molar-refractivity contribution in [2.24, 2.45) is 23.7 Å². The second-order valence-electron chi connectivity index (χ2n) is 34.6. The molecule has 10 aromatic rings. The summed E-state index contributed by atoms with van der Waals surface area (Å²) in [6.45, 7) is 31.4. The van der Waals surface area contributed by atoms with Gasteiger partial charge >= 0.3 is 0 Å². The highest BCUT2D eigenvalue weighted by Gasteiger charge is 2.43. The summed E-state index contributed by atoms with van der Waals surface area (Å²) in [5.41, 5.74) is 8.38.